The van der Waals surface area contributed by atoms with Gasteiger partial charge in [0.1, 0.15) is 0 Å². The molecule has 0 atom stereocenters. The Morgan fingerprint density at radius 3 is 2.54 bits per heavy atom. The molecule has 2 fully saturated rings. The van der Waals surface area contributed by atoms with E-state index < -0.39 is 5.97 Å². The number of aliphatic carboxylic acids is 1. The van der Waals surface area contributed by atoms with Gasteiger partial charge in [-0.1, -0.05) is 25.3 Å². The van der Waals surface area contributed by atoms with Crippen LogP contribution in [0.2, 0.25) is 0 Å². The molecule has 3 rings (SSSR count). The third kappa shape index (κ3) is 3.74. The van der Waals surface area contributed by atoms with Gasteiger partial charge >= 0.3 is 12.0 Å². The molecule has 0 bridgehead atoms. The highest BCUT2D eigenvalue weighted by molar-refractivity contribution is 7.10. The smallest absolute Gasteiger partial charge is 0.317 e. The summed E-state index contributed by atoms with van der Waals surface area (Å²) in [6, 6.07) is 4.25. The lowest BCUT2D eigenvalue weighted by molar-refractivity contribution is -0.143. The van der Waals surface area contributed by atoms with Crippen LogP contribution in [0.3, 0.4) is 0 Å². The zero-order valence-electron chi connectivity index (χ0n) is 14.0. The van der Waals surface area contributed by atoms with Gasteiger partial charge < -0.3 is 15.3 Å². The van der Waals surface area contributed by atoms with Crippen LogP contribution < -0.4 is 5.32 Å². The molecule has 0 aromatic carbocycles. The molecule has 0 radical (unpaired) electrons. The molecule has 132 valence electrons. The molecular formula is C18H26N2O3S. The second-order valence-corrected chi connectivity index (χ2v) is 8.02. The Morgan fingerprint density at radius 2 is 1.96 bits per heavy atom. The van der Waals surface area contributed by atoms with E-state index >= 15 is 0 Å². The molecule has 1 aliphatic carbocycles. The number of amides is 2. The Kier molecular flexibility index (Phi) is 5.43. The van der Waals surface area contributed by atoms with Gasteiger partial charge in [0.15, 0.2) is 0 Å². The van der Waals surface area contributed by atoms with Crippen LogP contribution in [0.25, 0.3) is 0 Å². The normalized spacial score (nSPS) is 21.4. The number of rotatable bonds is 4. The molecule has 0 unspecified atom stereocenters. The number of carbonyl (C=O) groups is 2. The van der Waals surface area contributed by atoms with Crippen molar-refractivity contribution in [2.75, 3.05) is 19.6 Å². The van der Waals surface area contributed by atoms with E-state index in [9.17, 15) is 9.59 Å². The number of hydrogen-bond donors (Lipinski definition) is 2. The molecule has 1 aromatic heterocycles. The van der Waals surface area contributed by atoms with E-state index in [1.165, 1.54) is 24.1 Å². The number of thiophene rings is 1. The van der Waals surface area contributed by atoms with E-state index in [0.29, 0.717) is 32.5 Å². The number of nitrogens with zero attached hydrogens (tertiary/aromatic N) is 1. The van der Waals surface area contributed by atoms with Crippen LogP contribution >= 0.6 is 11.3 Å². The van der Waals surface area contributed by atoms with Crippen molar-refractivity contribution in [2.24, 2.45) is 5.92 Å². The molecular weight excluding hydrogens is 324 g/mol. The maximum absolute atomic E-state index is 12.5. The van der Waals surface area contributed by atoms with Gasteiger partial charge in [0.2, 0.25) is 0 Å². The van der Waals surface area contributed by atoms with Gasteiger partial charge in [-0.2, -0.15) is 0 Å². The molecule has 6 heteroatoms. The number of likely N-dealkylation sites (tertiary alicyclic amines) is 1. The third-order valence-corrected chi connectivity index (χ3v) is 6.68. The number of urea groups is 1. The van der Waals surface area contributed by atoms with E-state index in [0.717, 1.165) is 12.8 Å². The first-order chi connectivity index (χ1) is 11.6. The summed E-state index contributed by atoms with van der Waals surface area (Å²) < 4.78 is 0. The number of piperidine rings is 1. The zero-order valence-corrected chi connectivity index (χ0v) is 14.8. The van der Waals surface area contributed by atoms with Crippen molar-refractivity contribution >= 4 is 23.3 Å². The summed E-state index contributed by atoms with van der Waals surface area (Å²) in [7, 11) is 0. The lowest BCUT2D eigenvalue weighted by Gasteiger charge is -2.38. The van der Waals surface area contributed by atoms with Crippen molar-refractivity contribution in [3.05, 3.63) is 22.4 Å². The summed E-state index contributed by atoms with van der Waals surface area (Å²) in [4.78, 5) is 26.7. The number of carboxylic acids is 1. The van der Waals surface area contributed by atoms with Crippen LogP contribution in [0.4, 0.5) is 4.79 Å². The number of carbonyl (C=O) groups excluding carboxylic acids is 1. The van der Waals surface area contributed by atoms with E-state index in [-0.39, 0.29) is 17.4 Å². The number of hydrogen-bond acceptors (Lipinski definition) is 3. The average molecular weight is 350 g/mol. The highest BCUT2D eigenvalue weighted by atomic mass is 32.1. The molecule has 0 spiro atoms. The van der Waals surface area contributed by atoms with Crippen LogP contribution in [0.15, 0.2) is 17.5 Å². The Bertz CT molecular complexity index is 559. The summed E-state index contributed by atoms with van der Waals surface area (Å²) in [5.41, 5.74) is 0.0848. The van der Waals surface area contributed by atoms with Crippen LogP contribution in [0, 0.1) is 5.92 Å². The fourth-order valence-electron chi connectivity index (χ4n) is 4.01. The lowest BCUT2D eigenvalue weighted by atomic mass is 9.73. The maximum Gasteiger partial charge on any atom is 0.317 e. The molecule has 2 amide bonds. The second kappa shape index (κ2) is 7.55. The predicted molar refractivity (Wildman–Crippen MR) is 94.4 cm³/mol. The summed E-state index contributed by atoms with van der Waals surface area (Å²) >= 11 is 1.79. The second-order valence-electron chi connectivity index (χ2n) is 7.08. The van der Waals surface area contributed by atoms with Crippen molar-refractivity contribution in [3.8, 4) is 0 Å². The SMILES string of the molecule is O=C(O)C1CCN(C(=O)NCC2(c3cccs3)CCCCC2)CC1. The summed E-state index contributed by atoms with van der Waals surface area (Å²) in [5.74, 6) is -1.04. The van der Waals surface area contributed by atoms with Crippen LogP contribution in [-0.2, 0) is 10.2 Å². The minimum Gasteiger partial charge on any atom is -0.481 e. The zero-order chi connectivity index (χ0) is 17.0. The molecule has 2 N–H and O–H groups in total. The van der Waals surface area contributed by atoms with Gasteiger partial charge in [0.05, 0.1) is 5.92 Å². The predicted octanol–water partition coefficient (Wildman–Crippen LogP) is 3.46. The Labute approximate surface area is 147 Å². The van der Waals surface area contributed by atoms with E-state index in [4.69, 9.17) is 5.11 Å². The molecule has 24 heavy (non-hydrogen) atoms. The molecule has 5 nitrogen and oxygen atoms in total. The molecule has 1 aromatic rings. The van der Waals surface area contributed by atoms with Crippen LogP contribution in [0.5, 0.6) is 0 Å². The van der Waals surface area contributed by atoms with Gasteiger partial charge in [-0.15, -0.1) is 11.3 Å². The Morgan fingerprint density at radius 1 is 1.25 bits per heavy atom. The van der Waals surface area contributed by atoms with Crippen molar-refractivity contribution in [2.45, 2.75) is 50.4 Å². The first kappa shape index (κ1) is 17.3. The largest absolute Gasteiger partial charge is 0.481 e. The van der Waals surface area contributed by atoms with Gasteiger partial charge in [0, 0.05) is 29.9 Å². The quantitative estimate of drug-likeness (QED) is 0.874. The summed E-state index contributed by atoms with van der Waals surface area (Å²) in [5, 5.41) is 14.3. The molecule has 1 aliphatic heterocycles. The summed E-state index contributed by atoms with van der Waals surface area (Å²) in [6.07, 6.45) is 7.10. The standard InChI is InChI=1S/C18H26N2O3S/c21-16(22)14-6-10-20(11-7-14)17(23)19-13-18(8-2-1-3-9-18)15-5-4-12-24-15/h4-5,12,14H,1-3,6-11,13H2,(H,19,23)(H,21,22). The summed E-state index contributed by atoms with van der Waals surface area (Å²) in [6.45, 7) is 1.76. The van der Waals surface area contributed by atoms with Crippen molar-refractivity contribution < 1.29 is 14.7 Å². The van der Waals surface area contributed by atoms with Crippen LogP contribution in [-0.4, -0.2) is 41.6 Å². The van der Waals surface area contributed by atoms with Gasteiger partial charge in [-0.05, 0) is 37.1 Å². The Hall–Kier alpha value is -1.56. The maximum atomic E-state index is 12.5. The third-order valence-electron chi connectivity index (χ3n) is 5.56. The lowest BCUT2D eigenvalue weighted by Crippen LogP contribution is -2.49. The number of carboxylic acid groups (broad SMARTS) is 1. The fourth-order valence-corrected chi connectivity index (χ4v) is 4.99. The van der Waals surface area contributed by atoms with Crippen molar-refractivity contribution in [1.29, 1.82) is 0 Å². The van der Waals surface area contributed by atoms with Gasteiger partial charge in [-0.25, -0.2) is 4.79 Å². The topological polar surface area (TPSA) is 69.6 Å². The highest BCUT2D eigenvalue weighted by Gasteiger charge is 2.36. The monoisotopic (exact) mass is 350 g/mol. The van der Waals surface area contributed by atoms with Gasteiger partial charge in [0.25, 0.3) is 0 Å². The minimum absolute atomic E-state index is 0.0413. The average Bonchev–Trinajstić information content (AvgIpc) is 3.16. The van der Waals surface area contributed by atoms with E-state index in [1.54, 1.807) is 16.2 Å². The molecule has 1 saturated heterocycles. The Balaban J connectivity index is 1.57. The van der Waals surface area contributed by atoms with Gasteiger partial charge in [-0.3, -0.25) is 4.79 Å². The van der Waals surface area contributed by atoms with Crippen molar-refractivity contribution in [1.82, 2.24) is 10.2 Å². The number of nitrogens with one attached hydrogen (secondary N) is 1. The fraction of sp³-hybridized carbons (Fsp3) is 0.667. The minimum atomic E-state index is -0.742. The van der Waals surface area contributed by atoms with E-state index in [1.807, 2.05) is 0 Å². The molecule has 2 aliphatic rings. The van der Waals surface area contributed by atoms with Crippen LogP contribution in [0.1, 0.15) is 49.8 Å². The first-order valence-electron chi connectivity index (χ1n) is 8.90. The highest BCUT2D eigenvalue weighted by Crippen LogP contribution is 2.41. The first-order valence-corrected chi connectivity index (χ1v) is 9.78. The van der Waals surface area contributed by atoms with E-state index in [2.05, 4.69) is 22.8 Å². The van der Waals surface area contributed by atoms with Crippen molar-refractivity contribution in [3.63, 3.8) is 0 Å². The molecule has 2 heterocycles. The molecule has 1 saturated carbocycles.